The van der Waals surface area contributed by atoms with Crippen molar-refractivity contribution in [2.45, 2.75) is 44.6 Å². The van der Waals surface area contributed by atoms with Crippen LogP contribution in [0.3, 0.4) is 0 Å². The van der Waals surface area contributed by atoms with E-state index in [0.717, 1.165) is 12.8 Å². The molecule has 86 valence electrons. The lowest BCUT2D eigenvalue weighted by atomic mass is 9.99. The maximum Gasteiger partial charge on any atom is 0.0714 e. The largest absolute Gasteiger partial charge is 0.389 e. The highest BCUT2D eigenvalue weighted by Crippen LogP contribution is 2.62. The molecule has 3 rings (SSSR count). The molecule has 0 bridgehead atoms. The second kappa shape index (κ2) is 3.59. The molecule has 1 nitrogen and oxygen atoms in total. The summed E-state index contributed by atoms with van der Waals surface area (Å²) in [5, 5.41) is 10.4. The van der Waals surface area contributed by atoms with Gasteiger partial charge in [-0.1, -0.05) is 36.2 Å². The normalized spacial score (nSPS) is 36.1. The van der Waals surface area contributed by atoms with Crippen molar-refractivity contribution < 1.29 is 5.11 Å². The fourth-order valence-corrected chi connectivity index (χ4v) is 3.52. The first kappa shape index (κ1) is 10.3. The Bertz CT molecular complexity index is 369. The van der Waals surface area contributed by atoms with Crippen LogP contribution in [0.25, 0.3) is 0 Å². The highest BCUT2D eigenvalue weighted by Gasteiger charge is 2.64. The summed E-state index contributed by atoms with van der Waals surface area (Å²) in [4.78, 5) is 0. The number of rotatable bonds is 3. The lowest BCUT2D eigenvalue weighted by Crippen LogP contribution is -2.16. The van der Waals surface area contributed by atoms with Crippen molar-refractivity contribution in [2.75, 3.05) is 0 Å². The van der Waals surface area contributed by atoms with E-state index in [1.54, 1.807) is 0 Å². The summed E-state index contributed by atoms with van der Waals surface area (Å²) < 4.78 is 0. The van der Waals surface area contributed by atoms with Crippen LogP contribution in [0.2, 0.25) is 0 Å². The number of aliphatic hydroxyl groups is 1. The number of hydrogen-bond acceptors (Lipinski definition) is 1. The van der Waals surface area contributed by atoms with E-state index in [0.29, 0.717) is 11.8 Å². The third-order valence-electron chi connectivity index (χ3n) is 4.63. The van der Waals surface area contributed by atoms with Gasteiger partial charge in [-0.05, 0) is 50.0 Å². The van der Waals surface area contributed by atoms with Crippen LogP contribution in [-0.4, -0.2) is 10.7 Å². The van der Waals surface area contributed by atoms with E-state index < -0.39 is 0 Å². The van der Waals surface area contributed by atoms with Crippen LogP contribution in [0.1, 0.15) is 36.8 Å². The van der Waals surface area contributed by atoms with Gasteiger partial charge < -0.3 is 5.11 Å². The molecule has 1 heteroatoms. The Balaban J connectivity index is 1.59. The number of benzene rings is 1. The smallest absolute Gasteiger partial charge is 0.0714 e. The molecule has 0 saturated heterocycles. The Morgan fingerprint density at radius 1 is 1.19 bits per heavy atom. The Kier molecular flexibility index (Phi) is 2.32. The molecule has 1 aromatic rings. The van der Waals surface area contributed by atoms with Crippen LogP contribution in [-0.2, 0) is 6.42 Å². The SMILES string of the molecule is Cc1ccc(CCC2(O)C3CCCC32)cc1. The van der Waals surface area contributed by atoms with E-state index in [1.807, 2.05) is 0 Å². The highest BCUT2D eigenvalue weighted by molar-refractivity contribution is 5.23. The van der Waals surface area contributed by atoms with Crippen LogP contribution in [0.15, 0.2) is 24.3 Å². The zero-order valence-electron chi connectivity index (χ0n) is 9.95. The van der Waals surface area contributed by atoms with Gasteiger partial charge in [0.25, 0.3) is 0 Å². The minimum atomic E-state index is -0.289. The van der Waals surface area contributed by atoms with Gasteiger partial charge in [-0.3, -0.25) is 0 Å². The van der Waals surface area contributed by atoms with Crippen molar-refractivity contribution in [1.29, 1.82) is 0 Å². The fraction of sp³-hybridized carbons (Fsp3) is 0.600. The molecule has 0 spiro atoms. The van der Waals surface area contributed by atoms with Crippen LogP contribution in [0.5, 0.6) is 0 Å². The quantitative estimate of drug-likeness (QED) is 0.823. The second-order valence-electron chi connectivity index (χ2n) is 5.62. The third-order valence-corrected chi connectivity index (χ3v) is 4.63. The topological polar surface area (TPSA) is 20.2 Å². The van der Waals surface area contributed by atoms with Crippen molar-refractivity contribution in [3.05, 3.63) is 35.4 Å². The monoisotopic (exact) mass is 216 g/mol. The summed E-state index contributed by atoms with van der Waals surface area (Å²) in [5.41, 5.74) is 2.39. The summed E-state index contributed by atoms with van der Waals surface area (Å²) in [6.45, 7) is 2.11. The first-order valence-corrected chi connectivity index (χ1v) is 6.48. The van der Waals surface area contributed by atoms with Crippen LogP contribution >= 0.6 is 0 Å². The Hall–Kier alpha value is -0.820. The third kappa shape index (κ3) is 1.58. The molecular weight excluding hydrogens is 196 g/mol. The Morgan fingerprint density at radius 3 is 2.44 bits per heavy atom. The number of hydrogen-bond donors (Lipinski definition) is 1. The van der Waals surface area contributed by atoms with Crippen LogP contribution in [0, 0.1) is 18.8 Å². The van der Waals surface area contributed by atoms with Crippen molar-refractivity contribution in [1.82, 2.24) is 0 Å². The Morgan fingerprint density at radius 2 is 1.81 bits per heavy atom. The second-order valence-corrected chi connectivity index (χ2v) is 5.62. The minimum absolute atomic E-state index is 0.289. The molecular formula is C15H20O. The van der Waals surface area contributed by atoms with Crippen LogP contribution < -0.4 is 0 Å². The van der Waals surface area contributed by atoms with E-state index in [4.69, 9.17) is 0 Å². The minimum Gasteiger partial charge on any atom is -0.389 e. The molecule has 2 aliphatic rings. The summed E-state index contributed by atoms with van der Waals surface area (Å²) in [7, 11) is 0. The van der Waals surface area contributed by atoms with E-state index >= 15 is 0 Å². The molecule has 0 radical (unpaired) electrons. The average Bonchev–Trinajstić information content (AvgIpc) is 2.70. The van der Waals surface area contributed by atoms with Gasteiger partial charge >= 0.3 is 0 Å². The molecule has 2 saturated carbocycles. The lowest BCUT2D eigenvalue weighted by molar-refractivity contribution is 0.0970. The van der Waals surface area contributed by atoms with Crippen molar-refractivity contribution in [2.24, 2.45) is 11.8 Å². The van der Waals surface area contributed by atoms with Crippen molar-refractivity contribution in [3.63, 3.8) is 0 Å². The number of aryl methyl sites for hydroxylation is 2. The summed E-state index contributed by atoms with van der Waals surface area (Å²) >= 11 is 0. The highest BCUT2D eigenvalue weighted by atomic mass is 16.3. The molecule has 1 N–H and O–H groups in total. The van der Waals surface area contributed by atoms with Gasteiger partial charge in [0, 0.05) is 0 Å². The maximum atomic E-state index is 10.4. The molecule has 2 aliphatic carbocycles. The fourth-order valence-electron chi connectivity index (χ4n) is 3.52. The first-order chi connectivity index (χ1) is 7.70. The van der Waals surface area contributed by atoms with Gasteiger partial charge in [0.05, 0.1) is 5.60 Å². The molecule has 2 unspecified atom stereocenters. The molecule has 2 fully saturated rings. The molecule has 2 atom stereocenters. The molecule has 0 aliphatic heterocycles. The number of fused-ring (bicyclic) bond motifs is 1. The summed E-state index contributed by atoms with van der Waals surface area (Å²) in [6.07, 6.45) is 5.85. The van der Waals surface area contributed by atoms with Gasteiger partial charge in [0.1, 0.15) is 0 Å². The van der Waals surface area contributed by atoms with Gasteiger partial charge in [-0.2, -0.15) is 0 Å². The zero-order chi connectivity index (χ0) is 11.2. The average molecular weight is 216 g/mol. The van der Waals surface area contributed by atoms with Gasteiger partial charge in [-0.15, -0.1) is 0 Å². The summed E-state index contributed by atoms with van der Waals surface area (Å²) in [5.74, 6) is 1.27. The van der Waals surface area contributed by atoms with Gasteiger partial charge in [-0.25, -0.2) is 0 Å². The van der Waals surface area contributed by atoms with E-state index in [2.05, 4.69) is 31.2 Å². The summed E-state index contributed by atoms with van der Waals surface area (Å²) in [6, 6.07) is 8.70. The molecule has 0 aromatic heterocycles. The predicted molar refractivity (Wildman–Crippen MR) is 65.3 cm³/mol. The molecule has 0 heterocycles. The predicted octanol–water partition coefficient (Wildman–Crippen LogP) is 3.09. The van der Waals surface area contributed by atoms with E-state index in [1.165, 1.54) is 30.4 Å². The van der Waals surface area contributed by atoms with Gasteiger partial charge in [0.15, 0.2) is 0 Å². The standard InChI is InChI=1S/C15H20O/c1-11-5-7-12(8-6-11)9-10-15(16)13-3-2-4-14(13)15/h5-8,13-14,16H,2-4,9-10H2,1H3. The first-order valence-electron chi connectivity index (χ1n) is 6.48. The van der Waals surface area contributed by atoms with Crippen molar-refractivity contribution in [3.8, 4) is 0 Å². The maximum absolute atomic E-state index is 10.4. The molecule has 1 aromatic carbocycles. The van der Waals surface area contributed by atoms with E-state index in [-0.39, 0.29) is 5.60 Å². The van der Waals surface area contributed by atoms with Crippen molar-refractivity contribution >= 4 is 0 Å². The van der Waals surface area contributed by atoms with Gasteiger partial charge in [0.2, 0.25) is 0 Å². The van der Waals surface area contributed by atoms with Crippen LogP contribution in [0.4, 0.5) is 0 Å². The van der Waals surface area contributed by atoms with E-state index in [9.17, 15) is 5.11 Å². The molecule has 0 amide bonds. The lowest BCUT2D eigenvalue weighted by Gasteiger charge is -2.14. The Labute approximate surface area is 97.5 Å². The zero-order valence-corrected chi connectivity index (χ0v) is 9.95. The molecule has 16 heavy (non-hydrogen) atoms.